The molecule has 3 rings (SSSR count). The molecule has 3 atom stereocenters. The van der Waals surface area contributed by atoms with Crippen LogP contribution in [0.3, 0.4) is 0 Å². The molecule has 214 valence electrons. The van der Waals surface area contributed by atoms with E-state index in [-0.39, 0.29) is 37.4 Å². The second-order valence-electron chi connectivity index (χ2n) is 10.6. The lowest BCUT2D eigenvalue weighted by atomic mass is 9.95. The van der Waals surface area contributed by atoms with Crippen LogP contribution in [0.4, 0.5) is 0 Å². The first-order chi connectivity index (χ1) is 19.4. The van der Waals surface area contributed by atoms with Crippen LogP contribution in [0.25, 0.3) is 0 Å². The fourth-order valence-electron chi connectivity index (χ4n) is 5.26. The Bertz CT molecular complexity index is 1110. The molecule has 0 radical (unpaired) electrons. The maximum atomic E-state index is 13.3. The molecule has 7 nitrogen and oxygen atoms in total. The highest BCUT2D eigenvalue weighted by Crippen LogP contribution is 2.29. The molecule has 1 aliphatic carbocycles. The second-order valence-corrected chi connectivity index (χ2v) is 10.6. The van der Waals surface area contributed by atoms with Crippen LogP contribution in [0.1, 0.15) is 62.2 Å². The number of carbonyl (C=O) groups excluding carboxylic acids is 3. The third-order valence-electron chi connectivity index (χ3n) is 7.52. The van der Waals surface area contributed by atoms with E-state index in [2.05, 4.69) is 23.8 Å². The molecule has 0 saturated heterocycles. The molecule has 40 heavy (non-hydrogen) atoms. The molecular formula is C33H42N2O5. The van der Waals surface area contributed by atoms with Crippen molar-refractivity contribution < 1.29 is 24.2 Å². The number of allylic oxidation sites excluding steroid dienone is 2. The van der Waals surface area contributed by atoms with Gasteiger partial charge >= 0.3 is 5.97 Å². The molecule has 1 aliphatic rings. The van der Waals surface area contributed by atoms with E-state index < -0.39 is 23.5 Å². The maximum absolute atomic E-state index is 13.3. The van der Waals surface area contributed by atoms with Crippen LogP contribution in [0.2, 0.25) is 0 Å². The molecule has 0 heterocycles. The first-order valence-electron chi connectivity index (χ1n) is 14.1. The number of hydrogen-bond donors (Lipinski definition) is 3. The minimum atomic E-state index is -0.699. The Kier molecular flexibility index (Phi) is 12.2. The second kappa shape index (κ2) is 15.8. The molecule has 0 aliphatic heterocycles. The van der Waals surface area contributed by atoms with Crippen LogP contribution in [0, 0.1) is 11.8 Å². The van der Waals surface area contributed by atoms with Crippen LogP contribution in [0.5, 0.6) is 0 Å². The van der Waals surface area contributed by atoms with Crippen molar-refractivity contribution in [1.29, 1.82) is 0 Å². The zero-order valence-electron chi connectivity index (χ0n) is 23.2. The fraction of sp³-hybridized carbons (Fsp3) is 0.424. The third kappa shape index (κ3) is 9.19. The van der Waals surface area contributed by atoms with Gasteiger partial charge in [0.05, 0.1) is 30.5 Å². The number of ether oxygens (including phenoxy) is 1. The lowest BCUT2D eigenvalue weighted by Crippen LogP contribution is -2.50. The van der Waals surface area contributed by atoms with Crippen molar-refractivity contribution in [2.75, 3.05) is 13.2 Å². The van der Waals surface area contributed by atoms with Crippen molar-refractivity contribution in [3.05, 3.63) is 97.1 Å². The molecule has 1 saturated carbocycles. The highest BCUT2D eigenvalue weighted by molar-refractivity contribution is 5.86. The van der Waals surface area contributed by atoms with E-state index >= 15 is 0 Å². The number of rotatable bonds is 16. The summed E-state index contributed by atoms with van der Waals surface area (Å²) >= 11 is 0. The van der Waals surface area contributed by atoms with Crippen LogP contribution in [-0.2, 0) is 25.5 Å². The van der Waals surface area contributed by atoms with E-state index in [1.165, 1.54) is 0 Å². The number of nitrogens with one attached hydrogen (secondary N) is 2. The SMILES string of the molecule is C=CC[C@@H](CC(=O)NC1(CO)CCCC1)C(=O)NC[C@H](OC(=O)[C@H](CC=C)Cc1ccccc1)c1ccccc1. The van der Waals surface area contributed by atoms with Crippen molar-refractivity contribution in [3.63, 3.8) is 0 Å². The molecule has 0 bridgehead atoms. The van der Waals surface area contributed by atoms with Gasteiger partial charge in [-0.2, -0.15) is 0 Å². The maximum Gasteiger partial charge on any atom is 0.310 e. The molecule has 7 heteroatoms. The monoisotopic (exact) mass is 546 g/mol. The summed E-state index contributed by atoms with van der Waals surface area (Å²) < 4.78 is 5.98. The number of hydrogen-bond acceptors (Lipinski definition) is 5. The molecule has 1 fully saturated rings. The number of aliphatic hydroxyl groups excluding tert-OH is 1. The van der Waals surface area contributed by atoms with Gasteiger partial charge in [-0.25, -0.2) is 0 Å². The average molecular weight is 547 g/mol. The van der Waals surface area contributed by atoms with Crippen molar-refractivity contribution in [3.8, 4) is 0 Å². The van der Waals surface area contributed by atoms with Gasteiger partial charge in [0.15, 0.2) is 0 Å². The molecule has 3 N–H and O–H groups in total. The Morgan fingerprint density at radius 1 is 0.925 bits per heavy atom. The van der Waals surface area contributed by atoms with Gasteiger partial charge in [0.1, 0.15) is 6.10 Å². The van der Waals surface area contributed by atoms with E-state index in [1.54, 1.807) is 12.2 Å². The zero-order valence-corrected chi connectivity index (χ0v) is 23.2. The highest BCUT2D eigenvalue weighted by atomic mass is 16.5. The van der Waals surface area contributed by atoms with Gasteiger partial charge in [0.25, 0.3) is 0 Å². The van der Waals surface area contributed by atoms with Crippen molar-refractivity contribution in [2.45, 2.75) is 63.0 Å². The lowest BCUT2D eigenvalue weighted by Gasteiger charge is -2.29. The number of esters is 1. The summed E-state index contributed by atoms with van der Waals surface area (Å²) in [7, 11) is 0. The first kappa shape index (κ1) is 30.8. The molecule has 2 aromatic rings. The van der Waals surface area contributed by atoms with Crippen LogP contribution < -0.4 is 10.6 Å². The largest absolute Gasteiger partial charge is 0.455 e. The Labute approximate surface area is 237 Å². The average Bonchev–Trinajstić information content (AvgIpc) is 3.44. The quantitative estimate of drug-likeness (QED) is 0.207. The summed E-state index contributed by atoms with van der Waals surface area (Å²) in [5.74, 6) is -1.98. The summed E-state index contributed by atoms with van der Waals surface area (Å²) in [5.41, 5.74) is 1.19. The summed E-state index contributed by atoms with van der Waals surface area (Å²) in [6, 6.07) is 19.0. The lowest BCUT2D eigenvalue weighted by molar-refractivity contribution is -0.154. The summed E-state index contributed by atoms with van der Waals surface area (Å²) in [5, 5.41) is 15.7. The number of benzene rings is 2. The van der Waals surface area contributed by atoms with Crippen molar-refractivity contribution >= 4 is 17.8 Å². The predicted octanol–water partition coefficient (Wildman–Crippen LogP) is 4.83. The Hall–Kier alpha value is -3.71. The van der Waals surface area contributed by atoms with Gasteiger partial charge in [-0.3, -0.25) is 14.4 Å². The first-order valence-corrected chi connectivity index (χ1v) is 14.1. The number of amides is 2. The van der Waals surface area contributed by atoms with E-state index in [0.29, 0.717) is 19.3 Å². The normalized spacial score (nSPS) is 16.2. The van der Waals surface area contributed by atoms with Crippen LogP contribution in [0.15, 0.2) is 86.0 Å². The molecule has 0 unspecified atom stereocenters. The molecule has 2 amide bonds. The van der Waals surface area contributed by atoms with Gasteiger partial charge < -0.3 is 20.5 Å². The molecular weight excluding hydrogens is 504 g/mol. The third-order valence-corrected chi connectivity index (χ3v) is 7.52. The Morgan fingerprint density at radius 3 is 2.12 bits per heavy atom. The number of carbonyl (C=O) groups is 3. The summed E-state index contributed by atoms with van der Waals surface area (Å²) in [6.07, 6.45) is 7.29. The van der Waals surface area contributed by atoms with Crippen molar-refractivity contribution in [2.24, 2.45) is 11.8 Å². The van der Waals surface area contributed by atoms with Gasteiger partial charge in [-0.15, -0.1) is 13.2 Å². The van der Waals surface area contributed by atoms with E-state index in [4.69, 9.17) is 4.74 Å². The predicted molar refractivity (Wildman–Crippen MR) is 156 cm³/mol. The van der Waals surface area contributed by atoms with Gasteiger partial charge in [-0.05, 0) is 43.2 Å². The Morgan fingerprint density at radius 2 is 1.52 bits per heavy atom. The molecule has 2 aromatic carbocycles. The molecule has 0 spiro atoms. The fourth-order valence-corrected chi connectivity index (χ4v) is 5.26. The topological polar surface area (TPSA) is 105 Å². The van der Waals surface area contributed by atoms with Crippen LogP contribution >= 0.6 is 0 Å². The smallest absolute Gasteiger partial charge is 0.310 e. The van der Waals surface area contributed by atoms with Crippen molar-refractivity contribution in [1.82, 2.24) is 10.6 Å². The zero-order chi connectivity index (χ0) is 28.8. The van der Waals surface area contributed by atoms with E-state index in [0.717, 1.165) is 36.8 Å². The number of aliphatic hydroxyl groups is 1. The summed E-state index contributed by atoms with van der Waals surface area (Å²) in [6.45, 7) is 7.51. The molecule has 0 aromatic heterocycles. The minimum absolute atomic E-state index is 0.0200. The van der Waals surface area contributed by atoms with E-state index in [9.17, 15) is 19.5 Å². The minimum Gasteiger partial charge on any atom is -0.455 e. The Balaban J connectivity index is 1.66. The standard InChI is InChI=1S/C33H42N2O5/c1-3-13-27(22-30(37)35-33(24-36)19-11-12-20-33)31(38)34-23-29(26-17-9-6-10-18-26)40-32(39)28(14-4-2)21-25-15-7-5-8-16-25/h3-10,15-18,27-29,36H,1-2,11-14,19-24H2,(H,34,38)(H,35,37)/t27-,28+,29-/m0/s1. The van der Waals surface area contributed by atoms with Gasteiger partial charge in [-0.1, -0.05) is 85.7 Å². The highest BCUT2D eigenvalue weighted by Gasteiger charge is 2.35. The van der Waals surface area contributed by atoms with Gasteiger partial charge in [0, 0.05) is 6.42 Å². The van der Waals surface area contributed by atoms with E-state index in [1.807, 2.05) is 60.7 Å². The summed E-state index contributed by atoms with van der Waals surface area (Å²) in [4.78, 5) is 39.3. The van der Waals surface area contributed by atoms with Gasteiger partial charge in [0.2, 0.25) is 11.8 Å². The van der Waals surface area contributed by atoms with Crippen LogP contribution in [-0.4, -0.2) is 41.6 Å².